The van der Waals surface area contributed by atoms with Crippen LogP contribution < -0.4 is 5.32 Å². The monoisotopic (exact) mass is 497 g/mol. The van der Waals surface area contributed by atoms with Gasteiger partial charge in [-0.1, -0.05) is 51.1 Å². The quantitative estimate of drug-likeness (QED) is 0.337. The van der Waals surface area contributed by atoms with Crippen molar-refractivity contribution in [2.24, 2.45) is 0 Å². The van der Waals surface area contributed by atoms with Gasteiger partial charge in [-0.25, -0.2) is 4.39 Å². The summed E-state index contributed by atoms with van der Waals surface area (Å²) in [4.78, 5) is 28.1. The first kappa shape index (κ1) is 24.8. The van der Waals surface area contributed by atoms with Crippen LogP contribution in [-0.2, 0) is 12.0 Å². The maximum Gasteiger partial charge on any atom is 0.270 e. The number of hydrogen-bond acceptors (Lipinski definition) is 2. The lowest BCUT2D eigenvalue weighted by atomic mass is 9.87. The number of carbonyl (C=O) groups is 2. The number of nitrogens with one attached hydrogen (secondary N) is 1. The lowest BCUT2D eigenvalue weighted by Crippen LogP contribution is -2.29. The van der Waals surface area contributed by atoms with Crippen molar-refractivity contribution in [3.8, 4) is 0 Å². The highest BCUT2D eigenvalue weighted by Crippen LogP contribution is 2.28. The van der Waals surface area contributed by atoms with Crippen LogP contribution in [-0.4, -0.2) is 34.4 Å². The molecular weight excluding hydrogens is 465 g/mol. The van der Waals surface area contributed by atoms with Gasteiger partial charge in [-0.2, -0.15) is 0 Å². The van der Waals surface area contributed by atoms with E-state index in [4.69, 9.17) is 0 Å². The van der Waals surface area contributed by atoms with Gasteiger partial charge in [0.25, 0.3) is 11.8 Å². The summed E-state index contributed by atoms with van der Waals surface area (Å²) in [5.74, 6) is -0.809. The first-order valence-electron chi connectivity index (χ1n) is 12.8. The fourth-order valence-electron chi connectivity index (χ4n) is 4.90. The Morgan fingerprint density at radius 2 is 1.65 bits per heavy atom. The van der Waals surface area contributed by atoms with E-state index >= 15 is 0 Å². The van der Waals surface area contributed by atoms with E-state index in [0.29, 0.717) is 17.9 Å². The largest absolute Gasteiger partial charge is 0.337 e. The van der Waals surface area contributed by atoms with E-state index < -0.39 is 5.82 Å². The second-order valence-electron chi connectivity index (χ2n) is 10.8. The highest BCUT2D eigenvalue weighted by atomic mass is 19.1. The van der Waals surface area contributed by atoms with Crippen molar-refractivity contribution in [2.75, 3.05) is 18.4 Å². The van der Waals surface area contributed by atoms with Crippen molar-refractivity contribution in [1.82, 2.24) is 9.47 Å². The predicted molar refractivity (Wildman–Crippen MR) is 146 cm³/mol. The molecule has 1 aromatic heterocycles. The van der Waals surface area contributed by atoms with Crippen molar-refractivity contribution >= 4 is 28.4 Å². The van der Waals surface area contributed by atoms with E-state index in [1.54, 1.807) is 6.07 Å². The molecule has 6 heteroatoms. The van der Waals surface area contributed by atoms with Crippen LogP contribution in [0.15, 0.2) is 72.8 Å². The minimum Gasteiger partial charge on any atom is -0.337 e. The van der Waals surface area contributed by atoms with Gasteiger partial charge in [-0.3, -0.25) is 9.59 Å². The van der Waals surface area contributed by atoms with Gasteiger partial charge >= 0.3 is 0 Å². The number of hydrogen-bond donors (Lipinski definition) is 1. The number of carbonyl (C=O) groups excluding carboxylic acids is 2. The average Bonchev–Trinajstić information content (AvgIpc) is 3.52. The number of amides is 2. The van der Waals surface area contributed by atoms with E-state index in [0.717, 1.165) is 42.4 Å². The molecule has 0 atom stereocenters. The minimum atomic E-state index is -0.458. The zero-order chi connectivity index (χ0) is 26.2. The summed E-state index contributed by atoms with van der Waals surface area (Å²) in [6.07, 6.45) is 2.05. The number of benzene rings is 3. The molecule has 190 valence electrons. The Labute approximate surface area is 216 Å². The molecule has 37 heavy (non-hydrogen) atoms. The molecule has 1 saturated heterocycles. The van der Waals surface area contributed by atoms with Crippen LogP contribution in [0.4, 0.5) is 10.1 Å². The second kappa shape index (κ2) is 9.85. The Bertz CT molecular complexity index is 1460. The summed E-state index contributed by atoms with van der Waals surface area (Å²) < 4.78 is 15.6. The van der Waals surface area contributed by atoms with Crippen molar-refractivity contribution in [3.05, 3.63) is 101 Å². The molecule has 1 aliphatic rings. The minimum absolute atomic E-state index is 0.0327. The molecule has 5 nitrogen and oxygen atoms in total. The zero-order valence-corrected chi connectivity index (χ0v) is 21.6. The first-order chi connectivity index (χ1) is 17.7. The highest BCUT2D eigenvalue weighted by Gasteiger charge is 2.24. The first-order valence-corrected chi connectivity index (χ1v) is 12.8. The Morgan fingerprint density at radius 3 is 2.32 bits per heavy atom. The molecule has 0 bridgehead atoms. The molecule has 5 rings (SSSR count). The molecule has 1 N–H and O–H groups in total. The van der Waals surface area contributed by atoms with E-state index in [2.05, 4.69) is 54.9 Å². The number of likely N-dealkylation sites (tertiary alicyclic amines) is 1. The molecule has 0 radical (unpaired) electrons. The third-order valence-electron chi connectivity index (χ3n) is 7.02. The molecule has 0 spiro atoms. The number of aromatic nitrogens is 1. The maximum atomic E-state index is 13.6. The van der Waals surface area contributed by atoms with Gasteiger partial charge in [0, 0.05) is 41.8 Å². The van der Waals surface area contributed by atoms with E-state index in [1.807, 2.05) is 29.2 Å². The van der Waals surface area contributed by atoms with Gasteiger partial charge in [0.05, 0.1) is 0 Å². The molecule has 1 fully saturated rings. The van der Waals surface area contributed by atoms with Crippen molar-refractivity contribution in [1.29, 1.82) is 0 Å². The Morgan fingerprint density at radius 1 is 0.919 bits per heavy atom. The van der Waals surface area contributed by atoms with E-state index in [-0.39, 0.29) is 22.8 Å². The summed E-state index contributed by atoms with van der Waals surface area (Å²) >= 11 is 0. The van der Waals surface area contributed by atoms with Crippen molar-refractivity contribution in [3.63, 3.8) is 0 Å². The lowest BCUT2D eigenvalue weighted by molar-refractivity contribution is 0.0783. The van der Waals surface area contributed by atoms with Gasteiger partial charge < -0.3 is 14.8 Å². The highest BCUT2D eigenvalue weighted by molar-refractivity contribution is 6.06. The van der Waals surface area contributed by atoms with Gasteiger partial charge in [0.2, 0.25) is 0 Å². The molecular formula is C31H32FN3O2. The van der Waals surface area contributed by atoms with Crippen molar-refractivity contribution < 1.29 is 14.0 Å². The van der Waals surface area contributed by atoms with Gasteiger partial charge in [-0.15, -0.1) is 0 Å². The lowest BCUT2D eigenvalue weighted by Gasteiger charge is -2.20. The van der Waals surface area contributed by atoms with Gasteiger partial charge in [0.15, 0.2) is 0 Å². The third-order valence-corrected chi connectivity index (χ3v) is 7.02. The fraction of sp³-hybridized carbons (Fsp3) is 0.290. The molecule has 0 unspecified atom stereocenters. The number of anilines is 1. The van der Waals surface area contributed by atoms with Gasteiger partial charge in [0.1, 0.15) is 11.5 Å². The summed E-state index contributed by atoms with van der Waals surface area (Å²) in [5, 5.41) is 3.72. The summed E-state index contributed by atoms with van der Waals surface area (Å²) in [6.45, 7) is 8.69. The molecule has 0 aliphatic carbocycles. The van der Waals surface area contributed by atoms with Crippen LogP contribution in [0.3, 0.4) is 0 Å². The summed E-state index contributed by atoms with van der Waals surface area (Å²) in [7, 11) is 0. The normalized spacial score (nSPS) is 13.8. The van der Waals surface area contributed by atoms with Gasteiger partial charge in [-0.05, 0) is 71.8 Å². The predicted octanol–water partition coefficient (Wildman–Crippen LogP) is 6.61. The van der Waals surface area contributed by atoms with Crippen molar-refractivity contribution in [2.45, 2.75) is 45.6 Å². The number of fused-ring (bicyclic) bond motifs is 1. The molecule has 1 aliphatic heterocycles. The average molecular weight is 498 g/mol. The van der Waals surface area contributed by atoms with Crippen LogP contribution in [0.1, 0.15) is 65.6 Å². The van der Waals surface area contributed by atoms with Crippen LogP contribution in [0.2, 0.25) is 0 Å². The molecule has 0 saturated carbocycles. The topological polar surface area (TPSA) is 54.3 Å². The summed E-state index contributed by atoms with van der Waals surface area (Å²) in [6, 6.07) is 21.7. The smallest absolute Gasteiger partial charge is 0.270 e. The van der Waals surface area contributed by atoms with Crippen LogP contribution in [0, 0.1) is 5.82 Å². The Hall–Kier alpha value is -3.93. The SMILES string of the molecule is CC(C)(C)c1ccc(Cn2c(C(=O)N3CCCC3)cc3cc(NC(=O)c4cccc(F)c4)ccc32)cc1. The Kier molecular flexibility index (Phi) is 6.59. The molecule has 4 aromatic rings. The molecule has 2 heterocycles. The number of nitrogens with zero attached hydrogens (tertiary/aromatic N) is 2. The van der Waals surface area contributed by atoms with E-state index in [1.165, 1.54) is 23.8 Å². The Balaban J connectivity index is 1.49. The van der Waals surface area contributed by atoms with Crippen LogP contribution >= 0.6 is 0 Å². The second-order valence-corrected chi connectivity index (χ2v) is 10.8. The molecule has 3 aromatic carbocycles. The van der Waals surface area contributed by atoms with Crippen LogP contribution in [0.5, 0.6) is 0 Å². The van der Waals surface area contributed by atoms with Crippen LogP contribution in [0.25, 0.3) is 10.9 Å². The maximum absolute atomic E-state index is 13.6. The third kappa shape index (κ3) is 5.29. The number of halogens is 1. The summed E-state index contributed by atoms with van der Waals surface area (Å²) in [5.41, 5.74) is 4.86. The fourth-order valence-corrected chi connectivity index (χ4v) is 4.90. The number of rotatable bonds is 5. The standard InChI is InChI=1S/C31H32FN3O2/c1-31(2,3)24-11-9-21(10-12-24)20-35-27-14-13-26(33-29(36)22-7-6-8-25(32)17-22)18-23(27)19-28(35)30(37)34-15-4-5-16-34/h6-14,17-19H,4-5,15-16,20H2,1-3H3,(H,33,36). The molecule has 2 amide bonds. The van der Waals surface area contributed by atoms with E-state index in [9.17, 15) is 14.0 Å². The zero-order valence-electron chi connectivity index (χ0n) is 21.6.